The molecule has 0 saturated heterocycles. The van der Waals surface area contributed by atoms with Gasteiger partial charge in [-0.3, -0.25) is 0 Å². The summed E-state index contributed by atoms with van der Waals surface area (Å²) in [5.74, 6) is -0.841. The van der Waals surface area contributed by atoms with Crippen LogP contribution in [0, 0.1) is 19.7 Å². The van der Waals surface area contributed by atoms with Crippen molar-refractivity contribution in [3.8, 4) is 22.3 Å². The van der Waals surface area contributed by atoms with Crippen LogP contribution in [-0.2, 0) is 10.0 Å². The Balaban J connectivity index is 2.11. The van der Waals surface area contributed by atoms with E-state index < -0.39 is 20.7 Å². The molecular weight excluding hydrogens is 345 g/mol. The molecule has 6 heteroatoms. The van der Waals surface area contributed by atoms with Crippen LogP contribution in [0.1, 0.15) is 11.1 Å². The zero-order valence-electron chi connectivity index (χ0n) is 13.2. The van der Waals surface area contributed by atoms with Gasteiger partial charge in [0.05, 0.1) is 0 Å². The highest BCUT2D eigenvalue weighted by atomic mass is 32.2. The van der Waals surface area contributed by atoms with Crippen molar-refractivity contribution in [2.45, 2.75) is 18.7 Å². The molecule has 1 heterocycles. The van der Waals surface area contributed by atoms with E-state index in [1.807, 2.05) is 23.8 Å². The van der Waals surface area contributed by atoms with Gasteiger partial charge in [-0.15, -0.1) is 0 Å². The van der Waals surface area contributed by atoms with E-state index in [0.29, 0.717) is 5.56 Å². The summed E-state index contributed by atoms with van der Waals surface area (Å²) >= 11 is 1.52. The number of benzene rings is 2. The van der Waals surface area contributed by atoms with Gasteiger partial charge in [-0.25, -0.2) is 17.9 Å². The number of hydrogen-bond donors (Lipinski definition) is 1. The monoisotopic (exact) mass is 361 g/mol. The maximum atomic E-state index is 14.1. The van der Waals surface area contributed by atoms with Crippen LogP contribution in [0.4, 0.5) is 4.39 Å². The molecular formula is C18H16FNO2S2. The van der Waals surface area contributed by atoms with Crippen molar-refractivity contribution >= 4 is 21.4 Å². The summed E-state index contributed by atoms with van der Waals surface area (Å²) in [4.78, 5) is -0.491. The van der Waals surface area contributed by atoms with Crippen molar-refractivity contribution in [2.24, 2.45) is 5.14 Å². The van der Waals surface area contributed by atoms with Gasteiger partial charge in [0, 0.05) is 11.1 Å². The number of rotatable bonds is 3. The van der Waals surface area contributed by atoms with Crippen molar-refractivity contribution in [1.29, 1.82) is 0 Å². The molecule has 2 aromatic carbocycles. The molecule has 1 aromatic heterocycles. The fraction of sp³-hybridized carbons (Fsp3) is 0.111. The van der Waals surface area contributed by atoms with Gasteiger partial charge in [-0.05, 0) is 59.0 Å². The number of sulfonamides is 1. The van der Waals surface area contributed by atoms with Crippen LogP contribution in [0.25, 0.3) is 22.3 Å². The van der Waals surface area contributed by atoms with Crippen LogP contribution in [-0.4, -0.2) is 8.42 Å². The Kier molecular flexibility index (Phi) is 4.29. The van der Waals surface area contributed by atoms with Crippen LogP contribution in [0.3, 0.4) is 0 Å². The lowest BCUT2D eigenvalue weighted by molar-refractivity contribution is 0.568. The number of aryl methyl sites for hydroxylation is 2. The van der Waals surface area contributed by atoms with Crippen molar-refractivity contribution in [3.63, 3.8) is 0 Å². The van der Waals surface area contributed by atoms with Gasteiger partial charge in [-0.1, -0.05) is 24.3 Å². The molecule has 0 atom stereocenters. The fourth-order valence-electron chi connectivity index (χ4n) is 2.55. The van der Waals surface area contributed by atoms with E-state index in [4.69, 9.17) is 5.14 Å². The summed E-state index contributed by atoms with van der Waals surface area (Å²) in [6.07, 6.45) is 0. The van der Waals surface area contributed by atoms with E-state index in [9.17, 15) is 12.8 Å². The van der Waals surface area contributed by atoms with Crippen molar-refractivity contribution in [3.05, 3.63) is 64.1 Å². The van der Waals surface area contributed by atoms with Crippen molar-refractivity contribution in [1.82, 2.24) is 0 Å². The summed E-state index contributed by atoms with van der Waals surface area (Å²) < 4.78 is 36.8. The van der Waals surface area contributed by atoms with E-state index in [-0.39, 0.29) is 0 Å². The van der Waals surface area contributed by atoms with Gasteiger partial charge >= 0.3 is 0 Å². The maximum absolute atomic E-state index is 14.1. The second-order valence-corrected chi connectivity index (χ2v) is 7.96. The third kappa shape index (κ3) is 3.13. The summed E-state index contributed by atoms with van der Waals surface area (Å²) in [5.41, 5.74) is 5.91. The lowest BCUT2D eigenvalue weighted by Crippen LogP contribution is -2.13. The molecule has 124 valence electrons. The van der Waals surface area contributed by atoms with Crippen LogP contribution in [0.2, 0.25) is 0 Å². The van der Waals surface area contributed by atoms with Crippen LogP contribution in [0.5, 0.6) is 0 Å². The summed E-state index contributed by atoms with van der Waals surface area (Å²) in [7, 11) is -4.06. The Morgan fingerprint density at radius 1 is 0.917 bits per heavy atom. The Bertz CT molecular complexity index is 1020. The third-order valence-electron chi connectivity index (χ3n) is 4.03. The predicted molar refractivity (Wildman–Crippen MR) is 96.0 cm³/mol. The van der Waals surface area contributed by atoms with Gasteiger partial charge in [-0.2, -0.15) is 11.3 Å². The molecule has 3 aromatic rings. The minimum atomic E-state index is -4.06. The fourth-order valence-corrected chi connectivity index (χ4v) is 4.01. The summed E-state index contributed by atoms with van der Waals surface area (Å²) in [6, 6.07) is 10.2. The summed E-state index contributed by atoms with van der Waals surface area (Å²) in [5, 5.41) is 8.94. The zero-order chi connectivity index (χ0) is 17.5. The first-order chi connectivity index (χ1) is 11.3. The summed E-state index contributed by atoms with van der Waals surface area (Å²) in [6.45, 7) is 4.10. The number of hydrogen-bond acceptors (Lipinski definition) is 3. The van der Waals surface area contributed by atoms with Gasteiger partial charge in [0.1, 0.15) is 10.7 Å². The van der Waals surface area contributed by atoms with E-state index in [2.05, 4.69) is 19.1 Å². The van der Waals surface area contributed by atoms with Crippen LogP contribution in [0.15, 0.2) is 52.1 Å². The minimum absolute atomic E-state index is 0.491. The highest BCUT2D eigenvalue weighted by Gasteiger charge is 2.17. The molecule has 0 aliphatic carbocycles. The average Bonchev–Trinajstić information content (AvgIpc) is 2.98. The molecule has 0 unspecified atom stereocenters. The van der Waals surface area contributed by atoms with E-state index in [1.54, 1.807) is 6.07 Å². The largest absolute Gasteiger partial charge is 0.240 e. The van der Waals surface area contributed by atoms with E-state index in [1.165, 1.54) is 34.6 Å². The van der Waals surface area contributed by atoms with Gasteiger partial charge in [0.15, 0.2) is 0 Å². The Morgan fingerprint density at radius 2 is 1.50 bits per heavy atom. The van der Waals surface area contributed by atoms with Gasteiger partial charge in [0.2, 0.25) is 10.0 Å². The first-order valence-corrected chi connectivity index (χ1v) is 9.73. The molecule has 0 spiro atoms. The standard InChI is InChI=1S/C18H16FNO2S2/c1-11-3-4-13(7-12(11)2)15-9-23-10-16(15)14-5-6-18(17(19)8-14)24(20,21)22/h3-10H,1-2H3,(H2,20,21,22). The molecule has 0 amide bonds. The minimum Gasteiger partial charge on any atom is -0.225 e. The Morgan fingerprint density at radius 3 is 2.04 bits per heavy atom. The lowest BCUT2D eigenvalue weighted by atomic mass is 9.96. The number of nitrogens with two attached hydrogens (primary N) is 1. The Hall–Kier alpha value is -2.02. The highest BCUT2D eigenvalue weighted by Crippen LogP contribution is 2.36. The van der Waals surface area contributed by atoms with Crippen molar-refractivity contribution in [2.75, 3.05) is 0 Å². The second kappa shape index (κ2) is 6.12. The van der Waals surface area contributed by atoms with Crippen LogP contribution < -0.4 is 5.14 Å². The highest BCUT2D eigenvalue weighted by molar-refractivity contribution is 7.89. The topological polar surface area (TPSA) is 60.2 Å². The number of thiophene rings is 1. The first-order valence-electron chi connectivity index (χ1n) is 7.24. The predicted octanol–water partition coefficient (Wildman–Crippen LogP) is 4.49. The van der Waals surface area contributed by atoms with Crippen LogP contribution >= 0.6 is 11.3 Å². The quantitative estimate of drug-likeness (QED) is 0.747. The number of primary sulfonamides is 1. The molecule has 0 saturated carbocycles. The molecule has 0 aliphatic rings. The average molecular weight is 361 g/mol. The molecule has 24 heavy (non-hydrogen) atoms. The van der Waals surface area contributed by atoms with E-state index >= 15 is 0 Å². The zero-order valence-corrected chi connectivity index (χ0v) is 14.8. The van der Waals surface area contributed by atoms with Gasteiger partial charge < -0.3 is 0 Å². The molecule has 0 radical (unpaired) electrons. The molecule has 0 fully saturated rings. The van der Waals surface area contributed by atoms with Gasteiger partial charge in [0.25, 0.3) is 0 Å². The van der Waals surface area contributed by atoms with Crippen molar-refractivity contribution < 1.29 is 12.8 Å². The molecule has 0 aliphatic heterocycles. The maximum Gasteiger partial charge on any atom is 0.240 e. The molecule has 2 N–H and O–H groups in total. The Labute approximate surface area is 144 Å². The SMILES string of the molecule is Cc1ccc(-c2cscc2-c2ccc(S(N)(=O)=O)c(F)c2)cc1C. The number of halogens is 1. The first kappa shape index (κ1) is 16.8. The normalized spacial score (nSPS) is 11.7. The molecule has 3 nitrogen and oxygen atoms in total. The smallest absolute Gasteiger partial charge is 0.225 e. The molecule has 3 rings (SSSR count). The van der Waals surface area contributed by atoms with E-state index in [0.717, 1.165) is 16.7 Å². The molecule has 0 bridgehead atoms. The second-order valence-electron chi connectivity index (χ2n) is 5.69. The third-order valence-corrected chi connectivity index (χ3v) is 5.72. The lowest BCUT2D eigenvalue weighted by Gasteiger charge is -2.09.